The van der Waals surface area contributed by atoms with Crippen molar-refractivity contribution in [3.63, 3.8) is 0 Å². The van der Waals surface area contributed by atoms with Gasteiger partial charge in [0.05, 0.1) is 0 Å². The molecule has 1 rings (SSSR count). The summed E-state index contributed by atoms with van der Waals surface area (Å²) in [6.45, 7) is 9.98. The van der Waals surface area contributed by atoms with Crippen molar-refractivity contribution >= 4 is 5.97 Å². The zero-order chi connectivity index (χ0) is 13.9. The molecule has 0 aliphatic rings. The van der Waals surface area contributed by atoms with Crippen LogP contribution < -0.4 is 5.32 Å². The van der Waals surface area contributed by atoms with E-state index in [2.05, 4.69) is 37.4 Å². The number of aryl methyl sites for hydroxylation is 2. The third-order valence-electron chi connectivity index (χ3n) is 3.39. The molecule has 3 heteroatoms. The molecular weight excluding hydrogens is 226 g/mol. The highest BCUT2D eigenvalue weighted by atomic mass is 16.4. The maximum Gasteiger partial charge on any atom is 0.320 e. The average Bonchev–Trinajstić information content (AvgIpc) is 2.28. The van der Waals surface area contributed by atoms with Gasteiger partial charge in [-0.3, -0.25) is 10.1 Å². The lowest BCUT2D eigenvalue weighted by Crippen LogP contribution is -2.42. The molecule has 2 atom stereocenters. The van der Waals surface area contributed by atoms with Gasteiger partial charge >= 0.3 is 5.97 Å². The highest BCUT2D eigenvalue weighted by molar-refractivity contribution is 5.73. The quantitative estimate of drug-likeness (QED) is 0.843. The Morgan fingerprint density at radius 3 is 2.22 bits per heavy atom. The van der Waals surface area contributed by atoms with E-state index in [1.54, 1.807) is 0 Å². The van der Waals surface area contributed by atoms with Crippen molar-refractivity contribution in [2.24, 2.45) is 5.92 Å². The molecule has 18 heavy (non-hydrogen) atoms. The smallest absolute Gasteiger partial charge is 0.320 e. The van der Waals surface area contributed by atoms with E-state index >= 15 is 0 Å². The second-order valence-electron chi connectivity index (χ2n) is 5.29. The summed E-state index contributed by atoms with van der Waals surface area (Å²) in [4.78, 5) is 11.2. The molecule has 0 bridgehead atoms. The Labute approximate surface area is 109 Å². The minimum Gasteiger partial charge on any atom is -0.480 e. The van der Waals surface area contributed by atoms with Gasteiger partial charge in [-0.05, 0) is 43.4 Å². The first-order chi connectivity index (χ1) is 8.32. The van der Waals surface area contributed by atoms with Crippen molar-refractivity contribution in [1.29, 1.82) is 0 Å². The molecule has 3 nitrogen and oxygen atoms in total. The fourth-order valence-electron chi connectivity index (χ4n) is 1.95. The maximum absolute atomic E-state index is 11.2. The van der Waals surface area contributed by atoms with Gasteiger partial charge in [0.15, 0.2) is 0 Å². The van der Waals surface area contributed by atoms with Gasteiger partial charge in [-0.15, -0.1) is 0 Å². The molecule has 0 saturated heterocycles. The molecule has 0 saturated carbocycles. The number of aliphatic carboxylic acids is 1. The van der Waals surface area contributed by atoms with Crippen molar-refractivity contribution in [1.82, 2.24) is 5.32 Å². The molecule has 0 heterocycles. The van der Waals surface area contributed by atoms with Crippen LogP contribution in [0.5, 0.6) is 0 Å². The van der Waals surface area contributed by atoms with E-state index in [-0.39, 0.29) is 12.0 Å². The van der Waals surface area contributed by atoms with Crippen molar-refractivity contribution < 1.29 is 9.90 Å². The highest BCUT2D eigenvalue weighted by Gasteiger charge is 2.23. The first-order valence-corrected chi connectivity index (χ1v) is 6.39. The second-order valence-corrected chi connectivity index (χ2v) is 5.29. The number of benzene rings is 1. The molecule has 0 fully saturated rings. The van der Waals surface area contributed by atoms with Crippen LogP contribution in [0.25, 0.3) is 0 Å². The van der Waals surface area contributed by atoms with E-state index in [9.17, 15) is 9.90 Å². The minimum absolute atomic E-state index is 0.0350. The van der Waals surface area contributed by atoms with E-state index < -0.39 is 12.0 Å². The molecule has 100 valence electrons. The average molecular weight is 249 g/mol. The highest BCUT2D eigenvalue weighted by Crippen LogP contribution is 2.18. The fourth-order valence-corrected chi connectivity index (χ4v) is 1.95. The van der Waals surface area contributed by atoms with Crippen molar-refractivity contribution in [2.75, 3.05) is 0 Å². The fraction of sp³-hybridized carbons (Fsp3) is 0.533. The van der Waals surface area contributed by atoms with Crippen molar-refractivity contribution in [3.05, 3.63) is 34.9 Å². The van der Waals surface area contributed by atoms with Crippen LogP contribution in [0, 0.1) is 19.8 Å². The van der Waals surface area contributed by atoms with E-state index in [1.807, 2.05) is 20.8 Å². The maximum atomic E-state index is 11.2. The van der Waals surface area contributed by atoms with Crippen LogP contribution >= 0.6 is 0 Å². The van der Waals surface area contributed by atoms with E-state index in [4.69, 9.17) is 0 Å². The monoisotopic (exact) mass is 249 g/mol. The first kappa shape index (κ1) is 14.7. The van der Waals surface area contributed by atoms with E-state index in [1.165, 1.54) is 11.1 Å². The number of nitrogens with one attached hydrogen (secondary N) is 1. The Morgan fingerprint density at radius 2 is 1.78 bits per heavy atom. The number of rotatable bonds is 5. The van der Waals surface area contributed by atoms with Crippen LogP contribution in [-0.4, -0.2) is 17.1 Å². The predicted octanol–water partition coefficient (Wildman–Crippen LogP) is 3.06. The summed E-state index contributed by atoms with van der Waals surface area (Å²) in [5, 5.41) is 12.4. The van der Waals surface area contributed by atoms with Crippen LogP contribution in [0.2, 0.25) is 0 Å². The molecule has 2 N–H and O–H groups in total. The Bertz CT molecular complexity index is 427. The summed E-state index contributed by atoms with van der Waals surface area (Å²) in [6, 6.07) is 5.77. The van der Waals surface area contributed by atoms with Crippen molar-refractivity contribution in [3.8, 4) is 0 Å². The summed E-state index contributed by atoms with van der Waals surface area (Å²) in [5.74, 6) is -0.725. The second kappa shape index (κ2) is 6.01. The van der Waals surface area contributed by atoms with Crippen LogP contribution in [0.1, 0.15) is 43.5 Å². The Hall–Kier alpha value is -1.35. The third-order valence-corrected chi connectivity index (χ3v) is 3.39. The normalized spacial score (nSPS) is 14.6. The van der Waals surface area contributed by atoms with E-state index in [0.29, 0.717) is 0 Å². The van der Waals surface area contributed by atoms with Gasteiger partial charge in [-0.25, -0.2) is 0 Å². The first-order valence-electron chi connectivity index (χ1n) is 6.39. The molecule has 0 aliphatic carbocycles. The van der Waals surface area contributed by atoms with Gasteiger partial charge in [-0.2, -0.15) is 0 Å². The van der Waals surface area contributed by atoms with Gasteiger partial charge in [0.25, 0.3) is 0 Å². The Kier molecular flexibility index (Phi) is 4.91. The lowest BCUT2D eigenvalue weighted by atomic mass is 9.99. The summed E-state index contributed by atoms with van der Waals surface area (Å²) in [6.07, 6.45) is 0. The standard InChI is InChI=1S/C15H23NO2/c1-9(2)14(15(17)18)16-12(5)13-7-6-10(3)11(4)8-13/h6-9,12,14,16H,1-5H3,(H,17,18). The number of carboxylic acids is 1. The van der Waals surface area contributed by atoms with Crippen LogP contribution in [0.4, 0.5) is 0 Å². The minimum atomic E-state index is -0.791. The van der Waals surface area contributed by atoms with Crippen LogP contribution in [0.15, 0.2) is 18.2 Å². The Balaban J connectivity index is 2.83. The summed E-state index contributed by atoms with van der Waals surface area (Å²) < 4.78 is 0. The van der Waals surface area contributed by atoms with Gasteiger partial charge in [0.2, 0.25) is 0 Å². The summed E-state index contributed by atoms with van der Waals surface area (Å²) >= 11 is 0. The molecule has 1 aromatic rings. The molecule has 2 unspecified atom stereocenters. The molecule has 0 amide bonds. The molecule has 0 aromatic heterocycles. The lowest BCUT2D eigenvalue weighted by Gasteiger charge is -2.23. The van der Waals surface area contributed by atoms with Crippen LogP contribution in [-0.2, 0) is 4.79 Å². The third kappa shape index (κ3) is 3.57. The zero-order valence-electron chi connectivity index (χ0n) is 11.8. The molecule has 0 aliphatic heterocycles. The van der Waals surface area contributed by atoms with Gasteiger partial charge in [0.1, 0.15) is 6.04 Å². The number of carboxylic acid groups (broad SMARTS) is 1. The zero-order valence-corrected chi connectivity index (χ0v) is 11.8. The largest absolute Gasteiger partial charge is 0.480 e. The van der Waals surface area contributed by atoms with Gasteiger partial charge in [0, 0.05) is 6.04 Å². The van der Waals surface area contributed by atoms with Gasteiger partial charge in [-0.1, -0.05) is 32.0 Å². The SMILES string of the molecule is Cc1ccc(C(C)NC(C(=O)O)C(C)C)cc1C. The number of hydrogen-bond acceptors (Lipinski definition) is 2. The topological polar surface area (TPSA) is 49.3 Å². The van der Waals surface area contributed by atoms with Crippen LogP contribution in [0.3, 0.4) is 0 Å². The predicted molar refractivity (Wildman–Crippen MR) is 73.7 cm³/mol. The molecular formula is C15H23NO2. The molecule has 1 aromatic carbocycles. The van der Waals surface area contributed by atoms with Gasteiger partial charge < -0.3 is 5.11 Å². The van der Waals surface area contributed by atoms with E-state index in [0.717, 1.165) is 5.56 Å². The lowest BCUT2D eigenvalue weighted by molar-refractivity contribution is -0.140. The summed E-state index contributed by atoms with van der Waals surface area (Å²) in [5.41, 5.74) is 3.62. The van der Waals surface area contributed by atoms with Crippen molar-refractivity contribution in [2.45, 2.75) is 46.7 Å². The summed E-state index contributed by atoms with van der Waals surface area (Å²) in [7, 11) is 0. The number of carbonyl (C=O) groups is 1. The molecule has 0 spiro atoms. The molecule has 0 radical (unpaired) electrons. The number of hydrogen-bond donors (Lipinski definition) is 2. The Morgan fingerprint density at radius 1 is 1.17 bits per heavy atom.